The molecule has 0 saturated heterocycles. The maximum atomic E-state index is 5.13. The van der Waals surface area contributed by atoms with Gasteiger partial charge in [0, 0.05) is 6.21 Å². The van der Waals surface area contributed by atoms with E-state index < -0.39 is 0 Å². The van der Waals surface area contributed by atoms with Gasteiger partial charge in [0.15, 0.2) is 5.11 Å². The van der Waals surface area contributed by atoms with Gasteiger partial charge in [0.25, 0.3) is 0 Å². The van der Waals surface area contributed by atoms with Gasteiger partial charge in [0.2, 0.25) is 0 Å². The molecule has 1 aromatic heterocycles. The number of hydrogen-bond donors (Lipinski definition) is 2. The normalized spacial score (nSPS) is 11.1. The van der Waals surface area contributed by atoms with E-state index in [1.54, 1.807) is 18.4 Å². The molecule has 0 saturated carbocycles. The molecular formula is C8H9N3OS. The fourth-order valence-electron chi connectivity index (χ4n) is 0.668. The van der Waals surface area contributed by atoms with E-state index in [0.717, 1.165) is 5.76 Å². The van der Waals surface area contributed by atoms with Crippen LogP contribution in [-0.2, 0) is 0 Å². The van der Waals surface area contributed by atoms with Gasteiger partial charge in [0.05, 0.1) is 6.26 Å². The number of hydrazone groups is 1. The summed E-state index contributed by atoms with van der Waals surface area (Å²) >= 11 is 4.54. The lowest BCUT2D eigenvalue weighted by atomic mass is 10.4. The van der Waals surface area contributed by atoms with Crippen molar-refractivity contribution in [2.24, 2.45) is 10.8 Å². The van der Waals surface area contributed by atoms with Gasteiger partial charge in [-0.2, -0.15) is 5.10 Å². The topological polar surface area (TPSA) is 63.5 Å². The van der Waals surface area contributed by atoms with Crippen molar-refractivity contribution in [3.8, 4) is 0 Å². The lowest BCUT2D eigenvalue weighted by Crippen LogP contribution is -2.23. The number of hydrogen-bond acceptors (Lipinski definition) is 3. The molecule has 0 spiro atoms. The Hall–Kier alpha value is -1.62. The predicted octanol–water partition coefficient (Wildman–Crippen LogP) is 1.11. The number of rotatable bonds is 3. The molecule has 68 valence electrons. The van der Waals surface area contributed by atoms with E-state index in [4.69, 9.17) is 10.2 Å². The van der Waals surface area contributed by atoms with E-state index in [0.29, 0.717) is 0 Å². The number of nitrogens with two attached hydrogens (primary N) is 1. The third-order valence-electron chi connectivity index (χ3n) is 1.14. The van der Waals surface area contributed by atoms with Gasteiger partial charge >= 0.3 is 0 Å². The Morgan fingerprint density at radius 2 is 2.54 bits per heavy atom. The first-order valence-corrected chi connectivity index (χ1v) is 3.98. The van der Waals surface area contributed by atoms with Crippen molar-refractivity contribution < 1.29 is 4.42 Å². The minimum Gasteiger partial charge on any atom is -0.465 e. The molecule has 1 rings (SSSR count). The highest BCUT2D eigenvalue weighted by atomic mass is 32.1. The zero-order valence-corrected chi connectivity index (χ0v) is 7.62. The molecular weight excluding hydrogens is 186 g/mol. The SMILES string of the molecule is NC(=S)NN=CC=Cc1ccco1. The Kier molecular flexibility index (Phi) is 3.72. The molecule has 0 amide bonds. The van der Waals surface area contributed by atoms with Crippen LogP contribution in [0.5, 0.6) is 0 Å². The first-order valence-electron chi connectivity index (χ1n) is 3.58. The summed E-state index contributed by atoms with van der Waals surface area (Å²) in [6.45, 7) is 0. The van der Waals surface area contributed by atoms with Crippen molar-refractivity contribution in [1.82, 2.24) is 5.43 Å². The first kappa shape index (κ1) is 9.47. The Labute approximate surface area is 81.1 Å². The van der Waals surface area contributed by atoms with Crippen LogP contribution in [0.1, 0.15) is 5.76 Å². The molecule has 0 aliphatic carbocycles. The molecule has 0 atom stereocenters. The van der Waals surface area contributed by atoms with E-state index in [-0.39, 0.29) is 5.11 Å². The standard InChI is InChI=1S/C8H9N3OS/c9-8(13)11-10-5-1-3-7-4-2-6-12-7/h1-6H,(H3,9,11,13). The van der Waals surface area contributed by atoms with Crippen LogP contribution < -0.4 is 11.2 Å². The zero-order chi connectivity index (χ0) is 9.52. The largest absolute Gasteiger partial charge is 0.465 e. The van der Waals surface area contributed by atoms with Crippen molar-refractivity contribution in [2.75, 3.05) is 0 Å². The van der Waals surface area contributed by atoms with Crippen molar-refractivity contribution in [3.63, 3.8) is 0 Å². The monoisotopic (exact) mass is 195 g/mol. The van der Waals surface area contributed by atoms with E-state index in [1.807, 2.05) is 12.1 Å². The van der Waals surface area contributed by atoms with Crippen LogP contribution in [0.25, 0.3) is 6.08 Å². The van der Waals surface area contributed by atoms with Crippen LogP contribution in [0.2, 0.25) is 0 Å². The minimum atomic E-state index is 0.141. The lowest BCUT2D eigenvalue weighted by molar-refractivity contribution is 0.557. The summed E-state index contributed by atoms with van der Waals surface area (Å²) < 4.78 is 5.04. The van der Waals surface area contributed by atoms with Crippen LogP contribution in [-0.4, -0.2) is 11.3 Å². The summed E-state index contributed by atoms with van der Waals surface area (Å²) in [5, 5.41) is 3.84. The van der Waals surface area contributed by atoms with E-state index in [2.05, 4.69) is 22.7 Å². The highest BCUT2D eigenvalue weighted by molar-refractivity contribution is 7.80. The lowest BCUT2D eigenvalue weighted by Gasteiger charge is -1.89. The van der Waals surface area contributed by atoms with Gasteiger partial charge in [0.1, 0.15) is 5.76 Å². The van der Waals surface area contributed by atoms with Gasteiger partial charge in [-0.25, -0.2) is 0 Å². The average Bonchev–Trinajstić information content (AvgIpc) is 2.55. The Morgan fingerprint density at radius 1 is 1.69 bits per heavy atom. The van der Waals surface area contributed by atoms with Gasteiger partial charge in [-0.3, -0.25) is 5.43 Å². The van der Waals surface area contributed by atoms with E-state index >= 15 is 0 Å². The summed E-state index contributed by atoms with van der Waals surface area (Å²) in [7, 11) is 0. The fraction of sp³-hybridized carbons (Fsp3) is 0. The van der Waals surface area contributed by atoms with Crippen molar-refractivity contribution in [1.29, 1.82) is 0 Å². The molecule has 0 radical (unpaired) electrons. The highest BCUT2D eigenvalue weighted by Gasteiger charge is 1.83. The number of nitrogens with one attached hydrogen (secondary N) is 1. The Balaban J connectivity index is 2.34. The molecule has 0 aliphatic rings. The molecule has 0 bridgehead atoms. The number of thiocarbonyl (C=S) groups is 1. The molecule has 0 fully saturated rings. The highest BCUT2D eigenvalue weighted by Crippen LogP contribution is 2.00. The van der Waals surface area contributed by atoms with E-state index in [9.17, 15) is 0 Å². The maximum absolute atomic E-state index is 5.13. The summed E-state index contributed by atoms with van der Waals surface area (Å²) in [6.07, 6.45) is 6.61. The third kappa shape index (κ3) is 4.07. The third-order valence-corrected chi connectivity index (χ3v) is 1.23. The minimum absolute atomic E-state index is 0.141. The van der Waals surface area contributed by atoms with Crippen LogP contribution in [0.4, 0.5) is 0 Å². The van der Waals surface area contributed by atoms with Crippen molar-refractivity contribution >= 4 is 29.6 Å². The molecule has 3 N–H and O–H groups in total. The molecule has 13 heavy (non-hydrogen) atoms. The fourth-order valence-corrected chi connectivity index (χ4v) is 0.721. The van der Waals surface area contributed by atoms with Crippen molar-refractivity contribution in [3.05, 3.63) is 30.2 Å². The molecule has 4 nitrogen and oxygen atoms in total. The summed E-state index contributed by atoms with van der Waals surface area (Å²) in [5.41, 5.74) is 7.56. The second-order valence-corrected chi connectivity index (χ2v) is 2.57. The smallest absolute Gasteiger partial charge is 0.184 e. The first-order chi connectivity index (χ1) is 6.29. The summed E-state index contributed by atoms with van der Waals surface area (Å²) in [5.74, 6) is 0.766. The average molecular weight is 195 g/mol. The Morgan fingerprint density at radius 3 is 3.15 bits per heavy atom. The Bertz CT molecular complexity index is 316. The second-order valence-electron chi connectivity index (χ2n) is 2.13. The van der Waals surface area contributed by atoms with Crippen LogP contribution in [0.15, 0.2) is 34.0 Å². The molecule has 0 aliphatic heterocycles. The summed E-state index contributed by atoms with van der Waals surface area (Å²) in [4.78, 5) is 0. The quantitative estimate of drug-likeness (QED) is 0.431. The molecule has 0 unspecified atom stereocenters. The molecule has 5 heteroatoms. The second kappa shape index (κ2) is 5.10. The maximum Gasteiger partial charge on any atom is 0.184 e. The van der Waals surface area contributed by atoms with Gasteiger partial charge in [-0.15, -0.1) is 0 Å². The van der Waals surface area contributed by atoms with Crippen LogP contribution in [0, 0.1) is 0 Å². The van der Waals surface area contributed by atoms with E-state index in [1.165, 1.54) is 6.21 Å². The van der Waals surface area contributed by atoms with Crippen LogP contribution in [0.3, 0.4) is 0 Å². The van der Waals surface area contributed by atoms with Crippen LogP contribution >= 0.6 is 12.2 Å². The van der Waals surface area contributed by atoms with Gasteiger partial charge < -0.3 is 10.2 Å². The van der Waals surface area contributed by atoms with Gasteiger partial charge in [-0.05, 0) is 36.5 Å². The molecule has 1 aromatic rings. The predicted molar refractivity (Wildman–Crippen MR) is 56.2 cm³/mol. The van der Waals surface area contributed by atoms with Crippen molar-refractivity contribution in [2.45, 2.75) is 0 Å². The number of nitrogens with zero attached hydrogens (tertiary/aromatic N) is 1. The summed E-state index contributed by atoms with van der Waals surface area (Å²) in [6, 6.07) is 3.65. The zero-order valence-electron chi connectivity index (χ0n) is 6.81. The number of allylic oxidation sites excluding steroid dienone is 1. The number of furan rings is 1. The van der Waals surface area contributed by atoms with Gasteiger partial charge in [-0.1, -0.05) is 0 Å². The molecule has 1 heterocycles. The molecule has 0 aromatic carbocycles.